The Balaban J connectivity index is 1.84. The van der Waals surface area contributed by atoms with Gasteiger partial charge in [0.05, 0.1) is 0 Å². The molecule has 1 nitrogen and oxygen atoms in total. The summed E-state index contributed by atoms with van der Waals surface area (Å²) in [5, 5.41) is 2.51. The monoisotopic (exact) mass is 349 g/mol. The zero-order chi connectivity index (χ0) is 18.8. The van der Waals surface area contributed by atoms with Crippen LogP contribution in [0.15, 0.2) is 91.5 Å². The minimum Gasteiger partial charge on any atom is -0.355 e. The fourth-order valence-corrected chi connectivity index (χ4v) is 3.71. The summed E-state index contributed by atoms with van der Waals surface area (Å²) in [4.78, 5) is 3.50. The number of aromatic nitrogens is 1. The minimum absolute atomic E-state index is 1.16. The second-order valence-electron chi connectivity index (χ2n) is 6.93. The van der Waals surface area contributed by atoms with Gasteiger partial charge >= 0.3 is 0 Å². The number of allylic oxidation sites excluding steroid dienone is 5. The van der Waals surface area contributed by atoms with E-state index in [1.54, 1.807) is 0 Å². The molecule has 1 N–H and O–H groups in total. The summed E-state index contributed by atoms with van der Waals surface area (Å²) in [7, 11) is 0. The van der Waals surface area contributed by atoms with Crippen LogP contribution in [0.1, 0.15) is 23.6 Å². The van der Waals surface area contributed by atoms with Crippen molar-refractivity contribution in [2.45, 2.75) is 13.8 Å². The number of rotatable bonds is 4. The smallest absolute Gasteiger partial charge is 0.0465 e. The molecule has 1 heteroatoms. The van der Waals surface area contributed by atoms with E-state index in [4.69, 9.17) is 0 Å². The van der Waals surface area contributed by atoms with E-state index < -0.39 is 0 Å². The molecule has 0 aliphatic heterocycles. The lowest BCUT2D eigenvalue weighted by molar-refractivity contribution is 1.41. The zero-order valence-corrected chi connectivity index (χ0v) is 15.8. The lowest BCUT2D eigenvalue weighted by Gasteiger charge is -2.09. The van der Waals surface area contributed by atoms with Crippen LogP contribution in [0.3, 0.4) is 0 Å². The second kappa shape index (κ2) is 7.13. The van der Waals surface area contributed by atoms with Gasteiger partial charge in [-0.15, -0.1) is 0 Å². The van der Waals surface area contributed by atoms with Crippen LogP contribution in [0.2, 0.25) is 0 Å². The maximum Gasteiger partial charge on any atom is 0.0465 e. The van der Waals surface area contributed by atoms with Gasteiger partial charge in [-0.1, -0.05) is 73.3 Å². The van der Waals surface area contributed by atoms with Crippen LogP contribution >= 0.6 is 0 Å². The van der Waals surface area contributed by atoms with E-state index in [0.29, 0.717) is 0 Å². The molecule has 0 aliphatic carbocycles. The maximum atomic E-state index is 3.91. The number of hydrogen-bond acceptors (Lipinski definition) is 0. The van der Waals surface area contributed by atoms with Crippen molar-refractivity contribution in [3.8, 4) is 0 Å². The Labute approximate surface area is 160 Å². The van der Waals surface area contributed by atoms with Crippen LogP contribution in [0.4, 0.5) is 0 Å². The Hall–Kier alpha value is -3.32. The average Bonchev–Trinajstić information content (AvgIpc) is 3.06. The Morgan fingerprint density at radius 2 is 1.63 bits per heavy atom. The predicted molar refractivity (Wildman–Crippen MR) is 119 cm³/mol. The molecule has 132 valence electrons. The Morgan fingerprint density at radius 1 is 0.889 bits per heavy atom. The molecule has 0 bridgehead atoms. The van der Waals surface area contributed by atoms with E-state index in [1.807, 2.05) is 6.08 Å². The molecule has 0 fully saturated rings. The van der Waals surface area contributed by atoms with Crippen molar-refractivity contribution in [2.24, 2.45) is 0 Å². The van der Waals surface area contributed by atoms with Crippen molar-refractivity contribution in [1.82, 2.24) is 4.98 Å². The fraction of sp³-hybridized carbons (Fsp3) is 0.0769. The first-order valence-corrected chi connectivity index (χ1v) is 9.25. The van der Waals surface area contributed by atoms with Crippen molar-refractivity contribution >= 4 is 33.0 Å². The Kier molecular flexibility index (Phi) is 4.52. The van der Waals surface area contributed by atoms with Crippen LogP contribution in [0.5, 0.6) is 0 Å². The molecule has 4 aromatic rings. The summed E-state index contributed by atoms with van der Waals surface area (Å²) in [6, 6.07) is 23.6. The van der Waals surface area contributed by atoms with Crippen LogP contribution in [0.25, 0.3) is 33.0 Å². The highest BCUT2D eigenvalue weighted by Crippen LogP contribution is 2.30. The molecular weight excluding hydrogens is 326 g/mol. The third-order valence-corrected chi connectivity index (χ3v) is 5.08. The molecule has 0 atom stereocenters. The van der Waals surface area contributed by atoms with Gasteiger partial charge in [-0.05, 0) is 59.9 Å². The first kappa shape index (κ1) is 17.1. The molecular formula is C26H23N. The van der Waals surface area contributed by atoms with Gasteiger partial charge in [0.25, 0.3) is 0 Å². The molecule has 0 amide bonds. The fourth-order valence-electron chi connectivity index (χ4n) is 3.71. The van der Waals surface area contributed by atoms with Gasteiger partial charge in [0.1, 0.15) is 0 Å². The molecule has 27 heavy (non-hydrogen) atoms. The van der Waals surface area contributed by atoms with E-state index in [-0.39, 0.29) is 0 Å². The second-order valence-corrected chi connectivity index (χ2v) is 6.93. The van der Waals surface area contributed by atoms with Crippen molar-refractivity contribution in [3.05, 3.63) is 108 Å². The number of fused-ring (bicyclic) bond motifs is 3. The number of nitrogens with one attached hydrogen (secondary N) is 1. The number of para-hydroxylation sites is 1. The zero-order valence-electron chi connectivity index (χ0n) is 15.8. The SMILES string of the molecule is C=C/C=C(\C=C(/C)c1ccccc1C)c1ccc2[nH]c3ccccc3c2c1. The topological polar surface area (TPSA) is 15.8 Å². The van der Waals surface area contributed by atoms with Crippen LogP contribution in [0, 0.1) is 6.92 Å². The number of hydrogen-bond donors (Lipinski definition) is 1. The lowest BCUT2D eigenvalue weighted by atomic mass is 9.96. The highest BCUT2D eigenvalue weighted by Gasteiger charge is 2.07. The van der Waals surface area contributed by atoms with E-state index in [9.17, 15) is 0 Å². The van der Waals surface area contributed by atoms with E-state index >= 15 is 0 Å². The third-order valence-electron chi connectivity index (χ3n) is 5.08. The van der Waals surface area contributed by atoms with Crippen molar-refractivity contribution < 1.29 is 0 Å². The van der Waals surface area contributed by atoms with Gasteiger partial charge in [0, 0.05) is 21.8 Å². The van der Waals surface area contributed by atoms with Gasteiger partial charge in [0.2, 0.25) is 0 Å². The molecule has 3 aromatic carbocycles. The molecule has 0 aliphatic rings. The maximum absolute atomic E-state index is 3.91. The highest BCUT2D eigenvalue weighted by molar-refractivity contribution is 6.08. The first-order chi connectivity index (χ1) is 13.2. The summed E-state index contributed by atoms with van der Waals surface area (Å²) >= 11 is 0. The summed E-state index contributed by atoms with van der Waals surface area (Å²) in [6.45, 7) is 8.24. The van der Waals surface area contributed by atoms with Crippen LogP contribution in [-0.4, -0.2) is 4.98 Å². The van der Waals surface area contributed by atoms with Gasteiger partial charge in [-0.2, -0.15) is 0 Å². The number of aromatic amines is 1. The molecule has 0 spiro atoms. The Morgan fingerprint density at radius 3 is 2.44 bits per heavy atom. The van der Waals surface area contributed by atoms with Crippen molar-refractivity contribution in [2.75, 3.05) is 0 Å². The molecule has 1 aromatic heterocycles. The summed E-state index contributed by atoms with van der Waals surface area (Å²) in [5.74, 6) is 0. The molecule has 4 rings (SSSR count). The van der Waals surface area contributed by atoms with Crippen LogP contribution in [-0.2, 0) is 0 Å². The van der Waals surface area contributed by atoms with E-state index in [0.717, 1.165) is 11.1 Å². The van der Waals surface area contributed by atoms with Crippen molar-refractivity contribution in [3.63, 3.8) is 0 Å². The summed E-state index contributed by atoms with van der Waals surface area (Å²) in [5.41, 5.74) is 8.51. The summed E-state index contributed by atoms with van der Waals surface area (Å²) < 4.78 is 0. The van der Waals surface area contributed by atoms with Crippen molar-refractivity contribution in [1.29, 1.82) is 0 Å². The van der Waals surface area contributed by atoms with E-state index in [1.165, 1.54) is 38.6 Å². The predicted octanol–water partition coefficient (Wildman–Crippen LogP) is 7.30. The van der Waals surface area contributed by atoms with Gasteiger partial charge in [-0.25, -0.2) is 0 Å². The molecule has 0 saturated carbocycles. The lowest BCUT2D eigenvalue weighted by Crippen LogP contribution is -1.87. The molecule has 0 radical (unpaired) electrons. The van der Waals surface area contributed by atoms with E-state index in [2.05, 4.69) is 104 Å². The highest BCUT2D eigenvalue weighted by atomic mass is 14.7. The van der Waals surface area contributed by atoms with Gasteiger partial charge < -0.3 is 4.98 Å². The number of aryl methyl sites for hydroxylation is 1. The standard InChI is InChI=1S/C26H23N/c1-4-9-20(16-19(3)22-11-6-5-10-18(22)2)21-14-15-26-24(17-21)23-12-7-8-13-25(23)27-26/h4-17,27H,1H2,2-3H3/b19-16+,20-9+. The summed E-state index contributed by atoms with van der Waals surface area (Å²) in [6.07, 6.45) is 6.19. The first-order valence-electron chi connectivity index (χ1n) is 9.25. The molecule has 1 heterocycles. The third kappa shape index (κ3) is 3.24. The molecule has 0 unspecified atom stereocenters. The quantitative estimate of drug-likeness (QED) is 0.372. The average molecular weight is 349 g/mol. The molecule has 0 saturated heterocycles. The van der Waals surface area contributed by atoms with Gasteiger partial charge in [-0.3, -0.25) is 0 Å². The number of benzene rings is 3. The minimum atomic E-state index is 1.16. The largest absolute Gasteiger partial charge is 0.355 e. The van der Waals surface area contributed by atoms with Gasteiger partial charge in [0.15, 0.2) is 0 Å². The van der Waals surface area contributed by atoms with Crippen LogP contribution < -0.4 is 0 Å². The normalized spacial score (nSPS) is 12.7. The number of H-pyrrole nitrogens is 1. The Bertz CT molecular complexity index is 1200.